The van der Waals surface area contributed by atoms with Gasteiger partial charge in [-0.3, -0.25) is 0 Å². The zero-order valence-electron chi connectivity index (χ0n) is 27.7. The molecule has 51 heavy (non-hydrogen) atoms. The van der Waals surface area contributed by atoms with Gasteiger partial charge in [0, 0.05) is 49.4 Å². The zero-order valence-corrected chi connectivity index (χ0v) is 27.7. The van der Waals surface area contributed by atoms with E-state index in [1.54, 1.807) is 0 Å². The van der Waals surface area contributed by atoms with Crippen molar-refractivity contribution in [2.24, 2.45) is 0 Å². The third-order valence-electron chi connectivity index (χ3n) is 10.6. The lowest BCUT2D eigenvalue weighted by atomic mass is 10.0. The number of fused-ring (bicyclic) bond motifs is 9. The van der Waals surface area contributed by atoms with Gasteiger partial charge in [0.2, 0.25) is 0 Å². The molecule has 0 unspecified atom stereocenters. The molecule has 3 heterocycles. The normalized spacial score (nSPS) is 11.9. The predicted molar refractivity (Wildman–Crippen MR) is 215 cm³/mol. The van der Waals surface area contributed by atoms with E-state index in [9.17, 15) is 0 Å². The Morgan fingerprint density at radius 2 is 0.510 bits per heavy atom. The van der Waals surface area contributed by atoms with Crippen LogP contribution < -0.4 is 0 Å². The molecule has 0 aliphatic heterocycles. The van der Waals surface area contributed by atoms with Crippen molar-refractivity contribution >= 4 is 65.4 Å². The highest BCUT2D eigenvalue weighted by Gasteiger charge is 2.17. The highest BCUT2D eigenvalue weighted by atomic mass is 15.0. The minimum atomic E-state index is 1.14. The van der Waals surface area contributed by atoms with Crippen LogP contribution in [0.4, 0.5) is 0 Å². The summed E-state index contributed by atoms with van der Waals surface area (Å²) >= 11 is 0. The summed E-state index contributed by atoms with van der Waals surface area (Å²) < 4.78 is 7.19. The van der Waals surface area contributed by atoms with E-state index in [-0.39, 0.29) is 0 Å². The van der Waals surface area contributed by atoms with E-state index in [4.69, 9.17) is 0 Å². The summed E-state index contributed by atoms with van der Waals surface area (Å²) in [6, 6.07) is 68.4. The lowest BCUT2D eigenvalue weighted by Crippen LogP contribution is -1.97. The fraction of sp³-hybridized carbons (Fsp3) is 0. The maximum Gasteiger partial charge on any atom is 0.0547 e. The van der Waals surface area contributed by atoms with Crippen LogP contribution in [-0.4, -0.2) is 13.7 Å². The lowest BCUT2D eigenvalue weighted by Gasteiger charge is -2.12. The van der Waals surface area contributed by atoms with Crippen molar-refractivity contribution in [3.05, 3.63) is 188 Å². The lowest BCUT2D eigenvalue weighted by molar-refractivity contribution is 1.14. The number of aromatic nitrogens is 3. The summed E-state index contributed by atoms with van der Waals surface area (Å²) in [6.07, 6.45) is 0. The van der Waals surface area contributed by atoms with Gasteiger partial charge >= 0.3 is 0 Å². The van der Waals surface area contributed by atoms with Gasteiger partial charge in [-0.15, -0.1) is 0 Å². The SMILES string of the molecule is c1ccc(-n2c3ccccc3c3ccc(-c4ccc5c6ccccc6n(-c6ccc(-n7c8ccccc8c8ccccc87)cc6)c5c4)cc32)cc1. The second-order valence-electron chi connectivity index (χ2n) is 13.4. The van der Waals surface area contributed by atoms with Crippen LogP contribution in [0.5, 0.6) is 0 Å². The topological polar surface area (TPSA) is 14.8 Å². The maximum atomic E-state index is 2.42. The third-order valence-corrected chi connectivity index (χ3v) is 10.6. The van der Waals surface area contributed by atoms with Crippen molar-refractivity contribution in [2.45, 2.75) is 0 Å². The van der Waals surface area contributed by atoms with Gasteiger partial charge in [-0.25, -0.2) is 0 Å². The van der Waals surface area contributed by atoms with Crippen molar-refractivity contribution in [1.29, 1.82) is 0 Å². The quantitative estimate of drug-likeness (QED) is 0.180. The van der Waals surface area contributed by atoms with Crippen molar-refractivity contribution < 1.29 is 0 Å². The van der Waals surface area contributed by atoms with E-state index in [0.29, 0.717) is 0 Å². The number of hydrogen-bond acceptors (Lipinski definition) is 0. The molecular formula is C48H31N3. The Kier molecular flexibility index (Phi) is 5.96. The molecular weight excluding hydrogens is 619 g/mol. The number of para-hydroxylation sites is 5. The van der Waals surface area contributed by atoms with Crippen LogP contribution in [0.2, 0.25) is 0 Å². The van der Waals surface area contributed by atoms with E-state index in [0.717, 1.165) is 11.4 Å². The van der Waals surface area contributed by atoms with E-state index in [1.165, 1.54) is 82.2 Å². The van der Waals surface area contributed by atoms with Gasteiger partial charge in [0.15, 0.2) is 0 Å². The second-order valence-corrected chi connectivity index (χ2v) is 13.4. The van der Waals surface area contributed by atoms with Crippen molar-refractivity contribution in [3.63, 3.8) is 0 Å². The first-order valence-electron chi connectivity index (χ1n) is 17.5. The van der Waals surface area contributed by atoms with Gasteiger partial charge in [0.1, 0.15) is 0 Å². The molecule has 3 nitrogen and oxygen atoms in total. The molecule has 0 saturated carbocycles. The number of nitrogens with zero attached hydrogens (tertiary/aromatic N) is 3. The van der Waals surface area contributed by atoms with Crippen LogP contribution in [0.1, 0.15) is 0 Å². The molecule has 0 N–H and O–H groups in total. The molecule has 238 valence electrons. The number of benzene rings is 8. The minimum Gasteiger partial charge on any atom is -0.309 e. The molecule has 0 spiro atoms. The Morgan fingerprint density at radius 1 is 0.216 bits per heavy atom. The predicted octanol–water partition coefficient (Wildman–Crippen LogP) is 12.6. The number of hydrogen-bond donors (Lipinski definition) is 0. The molecule has 0 bridgehead atoms. The molecule has 0 aliphatic carbocycles. The summed E-state index contributed by atoms with van der Waals surface area (Å²) in [4.78, 5) is 0. The molecule has 0 amide bonds. The van der Waals surface area contributed by atoms with E-state index < -0.39 is 0 Å². The van der Waals surface area contributed by atoms with Crippen LogP contribution >= 0.6 is 0 Å². The van der Waals surface area contributed by atoms with Crippen LogP contribution in [0.3, 0.4) is 0 Å². The monoisotopic (exact) mass is 649 g/mol. The molecule has 0 fully saturated rings. The van der Waals surface area contributed by atoms with Crippen molar-refractivity contribution in [2.75, 3.05) is 0 Å². The van der Waals surface area contributed by atoms with E-state index in [1.807, 2.05) is 0 Å². The molecule has 3 aromatic heterocycles. The van der Waals surface area contributed by atoms with Gasteiger partial charge in [-0.1, -0.05) is 115 Å². The van der Waals surface area contributed by atoms with Gasteiger partial charge in [0.05, 0.1) is 33.1 Å². The van der Waals surface area contributed by atoms with Gasteiger partial charge in [0.25, 0.3) is 0 Å². The Bertz CT molecular complexity index is 3070. The number of rotatable bonds is 4. The Morgan fingerprint density at radius 3 is 0.902 bits per heavy atom. The second kappa shape index (κ2) is 10.8. The Balaban J connectivity index is 1.09. The highest BCUT2D eigenvalue weighted by molar-refractivity contribution is 6.12. The summed E-state index contributed by atoms with van der Waals surface area (Å²) in [5.41, 5.74) is 13.1. The first-order chi connectivity index (χ1) is 25.3. The molecule has 0 radical (unpaired) electrons. The smallest absolute Gasteiger partial charge is 0.0547 e. The van der Waals surface area contributed by atoms with Crippen LogP contribution in [0.25, 0.3) is 93.6 Å². The van der Waals surface area contributed by atoms with Crippen LogP contribution in [-0.2, 0) is 0 Å². The third kappa shape index (κ3) is 4.12. The average molecular weight is 650 g/mol. The summed E-state index contributed by atoms with van der Waals surface area (Å²) in [5.74, 6) is 0. The molecule has 11 rings (SSSR count). The standard InChI is InChI=1S/C48H31N3/c1-2-12-34(13-3-1)50-45-20-10-6-16-39(45)41-28-22-32(30-47(41)50)33-23-29-42-40-17-7-11-21-46(40)51(48(42)31-33)36-26-24-35(25-27-36)49-43-18-8-4-14-37(43)38-15-5-9-19-44(38)49/h1-31H. The van der Waals surface area contributed by atoms with Crippen molar-refractivity contribution in [3.8, 4) is 28.2 Å². The summed E-state index contributed by atoms with van der Waals surface area (Å²) in [7, 11) is 0. The average Bonchev–Trinajstić information content (AvgIpc) is 3.83. The largest absolute Gasteiger partial charge is 0.309 e. The highest BCUT2D eigenvalue weighted by Crippen LogP contribution is 2.39. The van der Waals surface area contributed by atoms with Crippen LogP contribution in [0, 0.1) is 0 Å². The molecule has 0 aliphatic rings. The first-order valence-corrected chi connectivity index (χ1v) is 17.5. The van der Waals surface area contributed by atoms with Crippen molar-refractivity contribution in [1.82, 2.24) is 13.7 Å². The summed E-state index contributed by atoms with van der Waals surface area (Å²) in [6.45, 7) is 0. The van der Waals surface area contributed by atoms with Gasteiger partial charge < -0.3 is 13.7 Å². The van der Waals surface area contributed by atoms with Crippen LogP contribution in [0.15, 0.2) is 188 Å². The zero-order chi connectivity index (χ0) is 33.5. The van der Waals surface area contributed by atoms with E-state index in [2.05, 4.69) is 202 Å². The van der Waals surface area contributed by atoms with Gasteiger partial charge in [-0.05, 0) is 83.9 Å². The summed E-state index contributed by atoms with van der Waals surface area (Å²) in [5, 5.41) is 7.58. The fourth-order valence-corrected chi connectivity index (χ4v) is 8.39. The molecule has 0 saturated heterocycles. The Labute approximate surface area is 294 Å². The minimum absolute atomic E-state index is 1.14. The first kappa shape index (κ1) is 28.0. The molecule has 0 atom stereocenters. The fourth-order valence-electron chi connectivity index (χ4n) is 8.39. The van der Waals surface area contributed by atoms with E-state index >= 15 is 0 Å². The molecule has 3 heteroatoms. The van der Waals surface area contributed by atoms with Gasteiger partial charge in [-0.2, -0.15) is 0 Å². The Hall–Kier alpha value is -6.84. The maximum absolute atomic E-state index is 2.42. The molecule has 11 aromatic rings. The molecule has 8 aromatic carbocycles.